The number of H-pyrrole nitrogens is 1. The lowest BCUT2D eigenvalue weighted by molar-refractivity contribution is 0.102. The fourth-order valence-electron chi connectivity index (χ4n) is 1.76. The van der Waals surface area contributed by atoms with Crippen LogP contribution in [0.15, 0.2) is 16.8 Å². The van der Waals surface area contributed by atoms with Gasteiger partial charge in [0.25, 0.3) is 5.91 Å². The number of carbonyl (C=O) groups excluding carboxylic acids is 1. The second-order valence-corrected chi connectivity index (χ2v) is 4.92. The van der Waals surface area contributed by atoms with Crippen molar-refractivity contribution in [2.24, 2.45) is 0 Å². The van der Waals surface area contributed by atoms with Crippen molar-refractivity contribution in [2.75, 3.05) is 5.32 Å². The molecule has 1 fully saturated rings. The van der Waals surface area contributed by atoms with Gasteiger partial charge in [-0.15, -0.1) is 5.10 Å². The molecule has 0 saturated heterocycles. The first kappa shape index (κ1) is 10.5. The Morgan fingerprint density at radius 2 is 2.41 bits per heavy atom. The summed E-state index contributed by atoms with van der Waals surface area (Å²) in [5.74, 6) is 1.58. The number of rotatable bonds is 3. The summed E-state index contributed by atoms with van der Waals surface area (Å²) in [6.07, 6.45) is 3.57. The van der Waals surface area contributed by atoms with Crippen LogP contribution in [0.25, 0.3) is 0 Å². The van der Waals surface area contributed by atoms with E-state index in [1.54, 1.807) is 11.4 Å². The van der Waals surface area contributed by atoms with Gasteiger partial charge in [-0.3, -0.25) is 15.2 Å². The summed E-state index contributed by atoms with van der Waals surface area (Å²) in [4.78, 5) is 16.0. The smallest absolute Gasteiger partial charge is 0.258 e. The van der Waals surface area contributed by atoms with E-state index in [4.69, 9.17) is 0 Å². The highest BCUT2D eigenvalue weighted by Gasteiger charge is 2.23. The summed E-state index contributed by atoms with van der Waals surface area (Å²) in [5, 5.41) is 13.2. The quantitative estimate of drug-likeness (QED) is 0.876. The van der Waals surface area contributed by atoms with Gasteiger partial charge in [0, 0.05) is 11.3 Å². The number of aromatic nitrogens is 3. The van der Waals surface area contributed by atoms with Gasteiger partial charge in [0.2, 0.25) is 5.95 Å². The largest absolute Gasteiger partial charge is 0.289 e. The predicted octanol–water partition coefficient (Wildman–Crippen LogP) is 2.39. The second-order valence-electron chi connectivity index (χ2n) is 4.14. The van der Waals surface area contributed by atoms with Crippen molar-refractivity contribution in [3.05, 3.63) is 28.2 Å². The monoisotopic (exact) mass is 248 g/mol. The Kier molecular flexibility index (Phi) is 2.64. The highest BCUT2D eigenvalue weighted by Crippen LogP contribution is 2.34. The van der Waals surface area contributed by atoms with E-state index in [0.717, 1.165) is 18.7 Å². The highest BCUT2D eigenvalue weighted by atomic mass is 32.1. The zero-order valence-electron chi connectivity index (χ0n) is 9.14. The Balaban J connectivity index is 1.68. The lowest BCUT2D eigenvalue weighted by Crippen LogP contribution is -2.13. The first-order valence-electron chi connectivity index (χ1n) is 5.59. The van der Waals surface area contributed by atoms with Gasteiger partial charge in [-0.05, 0) is 24.3 Å². The number of amides is 1. The second kappa shape index (κ2) is 4.29. The standard InChI is InChI=1S/C11H12N4OS/c16-10(8-4-5-17-6-8)13-11-12-9(14-15-11)7-2-1-3-7/h4-7H,1-3H2,(H2,12,13,14,15,16). The molecule has 0 aromatic carbocycles. The van der Waals surface area contributed by atoms with Crippen LogP contribution in [0.5, 0.6) is 0 Å². The number of nitrogens with one attached hydrogen (secondary N) is 2. The Hall–Kier alpha value is -1.69. The van der Waals surface area contributed by atoms with Crippen LogP contribution in [0.1, 0.15) is 41.4 Å². The van der Waals surface area contributed by atoms with Gasteiger partial charge in [0.15, 0.2) is 0 Å². The molecule has 0 unspecified atom stereocenters. The molecule has 1 aliphatic carbocycles. The van der Waals surface area contributed by atoms with E-state index < -0.39 is 0 Å². The summed E-state index contributed by atoms with van der Waals surface area (Å²) in [6, 6.07) is 1.78. The predicted molar refractivity (Wildman–Crippen MR) is 65.2 cm³/mol. The lowest BCUT2D eigenvalue weighted by atomic mass is 9.85. The number of nitrogens with zero attached hydrogens (tertiary/aromatic N) is 2. The van der Waals surface area contributed by atoms with E-state index >= 15 is 0 Å². The van der Waals surface area contributed by atoms with Crippen LogP contribution in [0, 0.1) is 0 Å². The maximum atomic E-state index is 11.7. The summed E-state index contributed by atoms with van der Waals surface area (Å²) in [5.41, 5.74) is 0.644. The molecule has 2 N–H and O–H groups in total. The first-order valence-corrected chi connectivity index (χ1v) is 6.53. The van der Waals surface area contributed by atoms with E-state index in [1.807, 2.05) is 5.38 Å². The molecule has 0 aliphatic heterocycles. The van der Waals surface area contributed by atoms with Gasteiger partial charge in [-0.2, -0.15) is 16.3 Å². The third kappa shape index (κ3) is 2.08. The van der Waals surface area contributed by atoms with Crippen molar-refractivity contribution in [2.45, 2.75) is 25.2 Å². The minimum absolute atomic E-state index is 0.162. The molecule has 88 valence electrons. The molecule has 0 radical (unpaired) electrons. The van der Waals surface area contributed by atoms with E-state index in [2.05, 4.69) is 20.5 Å². The SMILES string of the molecule is O=C(Nc1n[nH]c(C2CCC2)n1)c1ccsc1. The van der Waals surface area contributed by atoms with Crippen LogP contribution in [0.4, 0.5) is 5.95 Å². The Bertz CT molecular complexity index is 515. The minimum atomic E-state index is -0.162. The molecule has 5 nitrogen and oxygen atoms in total. The zero-order valence-corrected chi connectivity index (χ0v) is 9.96. The molecule has 2 aromatic rings. The normalized spacial score (nSPS) is 15.5. The minimum Gasteiger partial charge on any atom is -0.289 e. The van der Waals surface area contributed by atoms with Gasteiger partial charge in [0.05, 0.1) is 5.56 Å². The molecule has 0 atom stereocenters. The lowest BCUT2D eigenvalue weighted by Gasteiger charge is -2.22. The van der Waals surface area contributed by atoms with Crippen LogP contribution in [-0.2, 0) is 0 Å². The number of anilines is 1. The maximum absolute atomic E-state index is 11.7. The van der Waals surface area contributed by atoms with Crippen molar-refractivity contribution in [1.82, 2.24) is 15.2 Å². The van der Waals surface area contributed by atoms with Crippen molar-refractivity contribution >= 4 is 23.2 Å². The molecule has 2 aromatic heterocycles. The summed E-state index contributed by atoms with van der Waals surface area (Å²) < 4.78 is 0. The number of carbonyl (C=O) groups is 1. The van der Waals surface area contributed by atoms with E-state index in [0.29, 0.717) is 17.4 Å². The summed E-state index contributed by atoms with van der Waals surface area (Å²) in [6.45, 7) is 0. The van der Waals surface area contributed by atoms with Gasteiger partial charge >= 0.3 is 0 Å². The van der Waals surface area contributed by atoms with Crippen LogP contribution >= 0.6 is 11.3 Å². The Morgan fingerprint density at radius 3 is 3.06 bits per heavy atom. The van der Waals surface area contributed by atoms with Crippen LogP contribution in [0.2, 0.25) is 0 Å². The van der Waals surface area contributed by atoms with E-state index in [-0.39, 0.29) is 5.91 Å². The number of hydrogen-bond donors (Lipinski definition) is 2. The van der Waals surface area contributed by atoms with E-state index in [9.17, 15) is 4.79 Å². The zero-order chi connectivity index (χ0) is 11.7. The first-order chi connectivity index (χ1) is 8.33. The van der Waals surface area contributed by atoms with Crippen molar-refractivity contribution in [3.63, 3.8) is 0 Å². The van der Waals surface area contributed by atoms with Crippen LogP contribution in [-0.4, -0.2) is 21.1 Å². The fourth-order valence-corrected chi connectivity index (χ4v) is 2.40. The van der Waals surface area contributed by atoms with Crippen molar-refractivity contribution in [1.29, 1.82) is 0 Å². The maximum Gasteiger partial charge on any atom is 0.258 e. The summed E-state index contributed by atoms with van der Waals surface area (Å²) >= 11 is 1.49. The molecular formula is C11H12N4OS. The molecule has 3 rings (SSSR count). The van der Waals surface area contributed by atoms with Crippen molar-refractivity contribution < 1.29 is 4.79 Å². The molecule has 1 amide bonds. The Morgan fingerprint density at radius 1 is 1.53 bits per heavy atom. The molecule has 1 saturated carbocycles. The van der Waals surface area contributed by atoms with Gasteiger partial charge in [0.1, 0.15) is 5.82 Å². The molecule has 17 heavy (non-hydrogen) atoms. The Labute approximate surface area is 102 Å². The van der Waals surface area contributed by atoms with Crippen LogP contribution < -0.4 is 5.32 Å². The molecular weight excluding hydrogens is 236 g/mol. The third-order valence-electron chi connectivity index (χ3n) is 3.00. The fraction of sp³-hybridized carbons (Fsp3) is 0.364. The highest BCUT2D eigenvalue weighted by molar-refractivity contribution is 7.08. The number of thiophene rings is 1. The molecule has 1 aliphatic rings. The van der Waals surface area contributed by atoms with Crippen molar-refractivity contribution in [3.8, 4) is 0 Å². The number of hydrogen-bond acceptors (Lipinski definition) is 4. The van der Waals surface area contributed by atoms with Gasteiger partial charge in [-0.1, -0.05) is 6.42 Å². The van der Waals surface area contributed by atoms with Crippen LogP contribution in [0.3, 0.4) is 0 Å². The molecule has 0 spiro atoms. The summed E-state index contributed by atoms with van der Waals surface area (Å²) in [7, 11) is 0. The topological polar surface area (TPSA) is 70.7 Å². The van der Waals surface area contributed by atoms with Gasteiger partial charge in [-0.25, -0.2) is 0 Å². The van der Waals surface area contributed by atoms with Gasteiger partial charge < -0.3 is 0 Å². The molecule has 0 bridgehead atoms. The number of aromatic amines is 1. The average molecular weight is 248 g/mol. The van der Waals surface area contributed by atoms with E-state index in [1.165, 1.54) is 17.8 Å². The average Bonchev–Trinajstić information content (AvgIpc) is 2.85. The molecule has 2 heterocycles. The molecule has 6 heteroatoms. The third-order valence-corrected chi connectivity index (χ3v) is 3.69.